The summed E-state index contributed by atoms with van der Waals surface area (Å²) in [5.74, 6) is -0.183. The lowest BCUT2D eigenvalue weighted by atomic mass is 9.99. The average Bonchev–Trinajstić information content (AvgIpc) is 2.43. The summed E-state index contributed by atoms with van der Waals surface area (Å²) in [5, 5.41) is 3.58. The molecule has 0 bridgehead atoms. The van der Waals surface area contributed by atoms with E-state index >= 15 is 0 Å². The minimum Gasteiger partial charge on any atom is -0.310 e. The van der Waals surface area contributed by atoms with Crippen molar-refractivity contribution in [3.8, 4) is 0 Å². The van der Waals surface area contributed by atoms with Crippen LogP contribution in [0.2, 0.25) is 0 Å². The van der Waals surface area contributed by atoms with Gasteiger partial charge in [0.05, 0.1) is 0 Å². The van der Waals surface area contributed by atoms with Crippen LogP contribution in [0.3, 0.4) is 0 Å². The molecular formula is C17H27BrFN. The molecule has 0 aliphatic rings. The van der Waals surface area contributed by atoms with Gasteiger partial charge < -0.3 is 5.32 Å². The minimum absolute atomic E-state index is 0.183. The van der Waals surface area contributed by atoms with Gasteiger partial charge in [0.2, 0.25) is 0 Å². The van der Waals surface area contributed by atoms with Crippen LogP contribution in [0.1, 0.15) is 70.4 Å². The van der Waals surface area contributed by atoms with Gasteiger partial charge in [0.15, 0.2) is 0 Å². The van der Waals surface area contributed by atoms with E-state index in [1.165, 1.54) is 37.7 Å². The van der Waals surface area contributed by atoms with Crippen LogP contribution in [0.4, 0.5) is 4.39 Å². The number of halogens is 2. The van der Waals surface area contributed by atoms with E-state index in [2.05, 4.69) is 35.1 Å². The monoisotopic (exact) mass is 343 g/mol. The Balaban J connectivity index is 2.58. The van der Waals surface area contributed by atoms with E-state index in [4.69, 9.17) is 0 Å². The van der Waals surface area contributed by atoms with Crippen LogP contribution < -0.4 is 5.32 Å². The molecule has 1 unspecified atom stereocenters. The highest BCUT2D eigenvalue weighted by molar-refractivity contribution is 9.10. The summed E-state index contributed by atoms with van der Waals surface area (Å²) < 4.78 is 14.1. The zero-order valence-corrected chi connectivity index (χ0v) is 14.3. The Labute approximate surface area is 131 Å². The molecule has 0 aliphatic carbocycles. The first kappa shape index (κ1) is 17.6. The predicted molar refractivity (Wildman–Crippen MR) is 88.5 cm³/mol. The first-order chi connectivity index (χ1) is 9.69. The Morgan fingerprint density at radius 3 is 2.50 bits per heavy atom. The standard InChI is InChI=1S/C17H27BrFN/c1-3-5-6-7-8-9-17(20-12-4-2)15-11-10-14(19)13-16(15)18/h10-11,13,17,20H,3-9,12H2,1-2H3. The molecular weight excluding hydrogens is 317 g/mol. The lowest BCUT2D eigenvalue weighted by Crippen LogP contribution is -2.22. The molecule has 1 nitrogen and oxygen atoms in total. The topological polar surface area (TPSA) is 12.0 Å². The van der Waals surface area contributed by atoms with Crippen molar-refractivity contribution in [3.05, 3.63) is 34.1 Å². The summed E-state index contributed by atoms with van der Waals surface area (Å²) in [6.45, 7) is 5.41. The average molecular weight is 344 g/mol. The molecule has 0 heterocycles. The van der Waals surface area contributed by atoms with E-state index in [1.54, 1.807) is 12.1 Å². The largest absolute Gasteiger partial charge is 0.310 e. The van der Waals surface area contributed by atoms with E-state index in [1.807, 2.05) is 6.07 Å². The Kier molecular flexibility index (Phi) is 9.12. The number of benzene rings is 1. The van der Waals surface area contributed by atoms with E-state index < -0.39 is 0 Å². The van der Waals surface area contributed by atoms with Crippen LogP contribution in [-0.2, 0) is 0 Å². The Morgan fingerprint density at radius 1 is 1.10 bits per heavy atom. The van der Waals surface area contributed by atoms with Crippen molar-refractivity contribution in [1.82, 2.24) is 5.32 Å². The molecule has 1 aromatic carbocycles. The van der Waals surface area contributed by atoms with Crippen LogP contribution in [0, 0.1) is 5.82 Å². The van der Waals surface area contributed by atoms with Crippen LogP contribution in [0.5, 0.6) is 0 Å². The van der Waals surface area contributed by atoms with Crippen molar-refractivity contribution >= 4 is 15.9 Å². The van der Waals surface area contributed by atoms with Gasteiger partial charge in [-0.15, -0.1) is 0 Å². The molecule has 0 aliphatic heterocycles. The van der Waals surface area contributed by atoms with Gasteiger partial charge in [-0.1, -0.05) is 67.9 Å². The second-order valence-electron chi connectivity index (χ2n) is 5.38. The minimum atomic E-state index is -0.183. The normalized spacial score (nSPS) is 12.6. The smallest absolute Gasteiger partial charge is 0.124 e. The summed E-state index contributed by atoms with van der Waals surface area (Å²) in [4.78, 5) is 0. The molecule has 0 fully saturated rings. The Hall–Kier alpha value is -0.410. The van der Waals surface area contributed by atoms with Gasteiger partial charge in [0, 0.05) is 10.5 Å². The molecule has 3 heteroatoms. The van der Waals surface area contributed by atoms with E-state index in [0.29, 0.717) is 6.04 Å². The highest BCUT2D eigenvalue weighted by atomic mass is 79.9. The highest BCUT2D eigenvalue weighted by Gasteiger charge is 2.14. The molecule has 1 aromatic rings. The maximum absolute atomic E-state index is 13.2. The second kappa shape index (κ2) is 10.3. The number of hydrogen-bond donors (Lipinski definition) is 1. The number of unbranched alkanes of at least 4 members (excludes halogenated alkanes) is 4. The fourth-order valence-electron chi connectivity index (χ4n) is 2.42. The zero-order chi connectivity index (χ0) is 14.8. The molecule has 1 rings (SSSR count). The molecule has 20 heavy (non-hydrogen) atoms. The van der Waals surface area contributed by atoms with E-state index in [9.17, 15) is 4.39 Å². The predicted octanol–water partition coefficient (Wildman–Crippen LogP) is 5.99. The molecule has 0 aromatic heterocycles. The van der Waals surface area contributed by atoms with E-state index in [0.717, 1.165) is 23.9 Å². The van der Waals surface area contributed by atoms with Gasteiger partial charge in [-0.05, 0) is 37.1 Å². The lowest BCUT2D eigenvalue weighted by Gasteiger charge is -2.20. The maximum atomic E-state index is 13.2. The highest BCUT2D eigenvalue weighted by Crippen LogP contribution is 2.28. The number of nitrogens with one attached hydrogen (secondary N) is 1. The summed E-state index contributed by atoms with van der Waals surface area (Å²) in [6, 6.07) is 5.34. The third kappa shape index (κ3) is 6.36. The quantitative estimate of drug-likeness (QED) is 0.514. The molecule has 0 amide bonds. The lowest BCUT2D eigenvalue weighted by molar-refractivity contribution is 0.466. The summed E-state index contributed by atoms with van der Waals surface area (Å²) in [6.07, 6.45) is 8.68. The van der Waals surface area contributed by atoms with Gasteiger partial charge in [-0.2, -0.15) is 0 Å². The van der Waals surface area contributed by atoms with Crippen LogP contribution >= 0.6 is 15.9 Å². The van der Waals surface area contributed by atoms with Crippen molar-refractivity contribution in [2.75, 3.05) is 6.54 Å². The molecule has 0 spiro atoms. The molecule has 114 valence electrons. The number of rotatable bonds is 10. The van der Waals surface area contributed by atoms with Gasteiger partial charge in [0.25, 0.3) is 0 Å². The van der Waals surface area contributed by atoms with Gasteiger partial charge in [-0.25, -0.2) is 4.39 Å². The third-order valence-corrected chi connectivity index (χ3v) is 4.26. The van der Waals surface area contributed by atoms with Crippen molar-refractivity contribution in [3.63, 3.8) is 0 Å². The first-order valence-electron chi connectivity index (χ1n) is 7.87. The van der Waals surface area contributed by atoms with Gasteiger partial charge in [-0.3, -0.25) is 0 Å². The van der Waals surface area contributed by atoms with Gasteiger partial charge >= 0.3 is 0 Å². The maximum Gasteiger partial charge on any atom is 0.124 e. The van der Waals surface area contributed by atoms with Crippen molar-refractivity contribution in [2.45, 2.75) is 64.8 Å². The molecule has 1 atom stereocenters. The Bertz CT molecular complexity index is 381. The summed E-state index contributed by atoms with van der Waals surface area (Å²) in [5.41, 5.74) is 1.18. The van der Waals surface area contributed by atoms with Crippen LogP contribution in [0.25, 0.3) is 0 Å². The fraction of sp³-hybridized carbons (Fsp3) is 0.647. The molecule has 0 saturated heterocycles. The van der Waals surface area contributed by atoms with Gasteiger partial charge in [0.1, 0.15) is 5.82 Å². The van der Waals surface area contributed by atoms with Crippen molar-refractivity contribution < 1.29 is 4.39 Å². The molecule has 0 saturated carbocycles. The number of hydrogen-bond acceptors (Lipinski definition) is 1. The van der Waals surface area contributed by atoms with Crippen LogP contribution in [0.15, 0.2) is 22.7 Å². The second-order valence-corrected chi connectivity index (χ2v) is 6.23. The summed E-state index contributed by atoms with van der Waals surface area (Å²) >= 11 is 3.49. The summed E-state index contributed by atoms with van der Waals surface area (Å²) in [7, 11) is 0. The fourth-order valence-corrected chi connectivity index (χ4v) is 3.05. The SMILES string of the molecule is CCCCCCCC(NCCC)c1ccc(F)cc1Br. The molecule has 1 N–H and O–H groups in total. The Morgan fingerprint density at radius 2 is 1.85 bits per heavy atom. The van der Waals surface area contributed by atoms with Crippen molar-refractivity contribution in [2.24, 2.45) is 0 Å². The molecule has 0 radical (unpaired) electrons. The third-order valence-electron chi connectivity index (χ3n) is 3.58. The van der Waals surface area contributed by atoms with Crippen molar-refractivity contribution in [1.29, 1.82) is 0 Å². The van der Waals surface area contributed by atoms with Crippen LogP contribution in [-0.4, -0.2) is 6.54 Å². The van der Waals surface area contributed by atoms with E-state index in [-0.39, 0.29) is 5.82 Å². The zero-order valence-electron chi connectivity index (χ0n) is 12.7. The first-order valence-corrected chi connectivity index (χ1v) is 8.66.